The number of benzene rings is 1. The van der Waals surface area contributed by atoms with Crippen molar-refractivity contribution in [1.82, 2.24) is 14.9 Å². The third kappa shape index (κ3) is 4.74. The number of nitrogens with zero attached hydrogens (tertiary/aromatic N) is 3. The molecule has 2 aromatic rings. The normalized spacial score (nSPS) is 15.5. The molecule has 0 amide bonds. The van der Waals surface area contributed by atoms with Crippen molar-refractivity contribution < 1.29 is 4.74 Å². The lowest BCUT2D eigenvalue weighted by Crippen LogP contribution is -2.37. The molecule has 5 heteroatoms. The Balaban J connectivity index is 1.51. The maximum absolute atomic E-state index is 5.36. The minimum absolute atomic E-state index is 0.860. The molecule has 1 aliphatic heterocycles. The Morgan fingerprint density at radius 2 is 2.04 bits per heavy atom. The number of hydrogen-bond donors (Lipinski definition) is 1. The molecule has 0 unspecified atom stereocenters. The van der Waals surface area contributed by atoms with E-state index in [2.05, 4.69) is 51.4 Å². The van der Waals surface area contributed by atoms with Crippen LogP contribution in [0.1, 0.15) is 12.0 Å². The van der Waals surface area contributed by atoms with Crippen LogP contribution in [0, 0.1) is 6.92 Å². The van der Waals surface area contributed by atoms with Crippen LogP contribution in [0.25, 0.3) is 11.3 Å². The van der Waals surface area contributed by atoms with Gasteiger partial charge >= 0.3 is 0 Å². The van der Waals surface area contributed by atoms with Gasteiger partial charge in [0.1, 0.15) is 12.1 Å². The standard InChI is InChI=1S/C18H24N4O/c1-15-4-2-5-16(12-15)17-13-18(21-14-20-17)19-6-3-7-22-8-10-23-11-9-22/h2,4-5,12-14H,3,6-11H2,1H3,(H,19,20,21). The van der Waals surface area contributed by atoms with Gasteiger partial charge in [0.15, 0.2) is 0 Å². The van der Waals surface area contributed by atoms with Crippen molar-refractivity contribution in [1.29, 1.82) is 0 Å². The number of rotatable bonds is 6. The number of aromatic nitrogens is 2. The summed E-state index contributed by atoms with van der Waals surface area (Å²) >= 11 is 0. The van der Waals surface area contributed by atoms with E-state index in [1.807, 2.05) is 6.07 Å². The topological polar surface area (TPSA) is 50.3 Å². The molecule has 1 N–H and O–H groups in total. The first-order valence-corrected chi connectivity index (χ1v) is 8.24. The smallest absolute Gasteiger partial charge is 0.129 e. The number of aryl methyl sites for hydroxylation is 1. The Morgan fingerprint density at radius 3 is 2.87 bits per heavy atom. The fourth-order valence-corrected chi connectivity index (χ4v) is 2.76. The van der Waals surface area contributed by atoms with Gasteiger partial charge in [0.2, 0.25) is 0 Å². The van der Waals surface area contributed by atoms with E-state index in [-0.39, 0.29) is 0 Å². The summed E-state index contributed by atoms with van der Waals surface area (Å²) in [5.41, 5.74) is 3.32. The molecule has 0 saturated carbocycles. The Bertz CT molecular complexity index is 626. The van der Waals surface area contributed by atoms with Crippen LogP contribution in [-0.2, 0) is 4.74 Å². The lowest BCUT2D eigenvalue weighted by molar-refractivity contribution is 0.0378. The molecule has 1 aliphatic rings. The largest absolute Gasteiger partial charge is 0.379 e. The summed E-state index contributed by atoms with van der Waals surface area (Å²) in [6.45, 7) is 7.93. The van der Waals surface area contributed by atoms with E-state index in [1.165, 1.54) is 5.56 Å². The zero-order valence-corrected chi connectivity index (χ0v) is 13.7. The number of hydrogen-bond acceptors (Lipinski definition) is 5. The van der Waals surface area contributed by atoms with E-state index in [1.54, 1.807) is 6.33 Å². The van der Waals surface area contributed by atoms with Gasteiger partial charge in [-0.25, -0.2) is 9.97 Å². The van der Waals surface area contributed by atoms with Crippen LogP contribution in [0.15, 0.2) is 36.7 Å². The minimum Gasteiger partial charge on any atom is -0.379 e. The number of nitrogens with one attached hydrogen (secondary N) is 1. The average molecular weight is 312 g/mol. The molecule has 0 atom stereocenters. The lowest BCUT2D eigenvalue weighted by Gasteiger charge is -2.26. The van der Waals surface area contributed by atoms with Crippen LogP contribution in [0.5, 0.6) is 0 Å². The Hall–Kier alpha value is -1.98. The van der Waals surface area contributed by atoms with E-state index >= 15 is 0 Å². The van der Waals surface area contributed by atoms with Crippen molar-refractivity contribution in [2.75, 3.05) is 44.7 Å². The Labute approximate surface area is 137 Å². The zero-order chi connectivity index (χ0) is 15.9. The predicted molar refractivity (Wildman–Crippen MR) is 92.6 cm³/mol. The summed E-state index contributed by atoms with van der Waals surface area (Å²) in [7, 11) is 0. The van der Waals surface area contributed by atoms with Crippen molar-refractivity contribution in [2.45, 2.75) is 13.3 Å². The van der Waals surface area contributed by atoms with Crippen molar-refractivity contribution >= 4 is 5.82 Å². The highest BCUT2D eigenvalue weighted by Crippen LogP contribution is 2.19. The monoisotopic (exact) mass is 312 g/mol. The van der Waals surface area contributed by atoms with Crippen LogP contribution in [0.4, 0.5) is 5.82 Å². The highest BCUT2D eigenvalue weighted by atomic mass is 16.5. The first-order chi connectivity index (χ1) is 11.3. The average Bonchev–Trinajstić information content (AvgIpc) is 2.60. The maximum atomic E-state index is 5.36. The SMILES string of the molecule is Cc1cccc(-c2cc(NCCCN3CCOCC3)ncn2)c1. The van der Waals surface area contributed by atoms with E-state index in [0.29, 0.717) is 0 Å². The molecule has 3 rings (SSSR count). The van der Waals surface area contributed by atoms with Gasteiger partial charge in [0.25, 0.3) is 0 Å². The second-order valence-corrected chi connectivity index (χ2v) is 5.89. The van der Waals surface area contributed by atoms with E-state index in [0.717, 1.165) is 62.9 Å². The van der Waals surface area contributed by atoms with Crippen LogP contribution in [-0.4, -0.2) is 54.3 Å². The second-order valence-electron chi connectivity index (χ2n) is 5.89. The third-order valence-corrected chi connectivity index (χ3v) is 4.04. The molecule has 0 spiro atoms. The molecule has 23 heavy (non-hydrogen) atoms. The highest BCUT2D eigenvalue weighted by molar-refractivity contribution is 5.62. The quantitative estimate of drug-likeness (QED) is 0.831. The van der Waals surface area contributed by atoms with Crippen molar-refractivity contribution in [3.8, 4) is 11.3 Å². The molecule has 2 heterocycles. The molecule has 0 bridgehead atoms. The Kier molecular flexibility index (Phi) is 5.56. The third-order valence-electron chi connectivity index (χ3n) is 4.04. The van der Waals surface area contributed by atoms with Crippen molar-refractivity contribution in [2.24, 2.45) is 0 Å². The number of ether oxygens (including phenoxy) is 1. The van der Waals surface area contributed by atoms with Gasteiger partial charge in [-0.2, -0.15) is 0 Å². The lowest BCUT2D eigenvalue weighted by atomic mass is 10.1. The molecule has 5 nitrogen and oxygen atoms in total. The first-order valence-electron chi connectivity index (χ1n) is 8.24. The fourth-order valence-electron chi connectivity index (χ4n) is 2.76. The van der Waals surface area contributed by atoms with Gasteiger partial charge in [-0.3, -0.25) is 4.90 Å². The van der Waals surface area contributed by atoms with E-state index < -0.39 is 0 Å². The molecular formula is C18H24N4O. The highest BCUT2D eigenvalue weighted by Gasteiger charge is 2.09. The predicted octanol–water partition coefficient (Wildman–Crippen LogP) is 2.59. The molecule has 0 radical (unpaired) electrons. The molecule has 1 saturated heterocycles. The fraction of sp³-hybridized carbons (Fsp3) is 0.444. The molecular weight excluding hydrogens is 288 g/mol. The van der Waals surface area contributed by atoms with Crippen LogP contribution in [0.2, 0.25) is 0 Å². The van der Waals surface area contributed by atoms with Crippen LogP contribution >= 0.6 is 0 Å². The molecule has 122 valence electrons. The molecule has 0 aliphatic carbocycles. The van der Waals surface area contributed by atoms with Crippen molar-refractivity contribution in [3.05, 3.63) is 42.2 Å². The van der Waals surface area contributed by atoms with Crippen LogP contribution in [0.3, 0.4) is 0 Å². The summed E-state index contributed by atoms with van der Waals surface area (Å²) < 4.78 is 5.36. The summed E-state index contributed by atoms with van der Waals surface area (Å²) in [5.74, 6) is 0.887. The van der Waals surface area contributed by atoms with Crippen molar-refractivity contribution in [3.63, 3.8) is 0 Å². The molecule has 1 aromatic heterocycles. The van der Waals surface area contributed by atoms with Gasteiger partial charge < -0.3 is 10.1 Å². The Morgan fingerprint density at radius 1 is 1.17 bits per heavy atom. The second kappa shape index (κ2) is 8.04. The van der Waals surface area contributed by atoms with Gasteiger partial charge in [0.05, 0.1) is 18.9 Å². The first kappa shape index (κ1) is 15.9. The van der Waals surface area contributed by atoms with E-state index in [9.17, 15) is 0 Å². The van der Waals surface area contributed by atoms with Gasteiger partial charge in [0, 0.05) is 31.3 Å². The number of anilines is 1. The molecule has 1 aromatic carbocycles. The zero-order valence-electron chi connectivity index (χ0n) is 13.7. The minimum atomic E-state index is 0.860. The number of morpholine rings is 1. The van der Waals surface area contributed by atoms with Gasteiger partial charge in [-0.05, 0) is 26.0 Å². The summed E-state index contributed by atoms with van der Waals surface area (Å²) in [6, 6.07) is 10.4. The van der Waals surface area contributed by atoms with Gasteiger partial charge in [-0.15, -0.1) is 0 Å². The van der Waals surface area contributed by atoms with E-state index in [4.69, 9.17) is 4.74 Å². The van der Waals surface area contributed by atoms with Crippen LogP contribution < -0.4 is 5.32 Å². The summed E-state index contributed by atoms with van der Waals surface area (Å²) in [4.78, 5) is 11.1. The molecule has 1 fully saturated rings. The maximum Gasteiger partial charge on any atom is 0.129 e. The summed E-state index contributed by atoms with van der Waals surface area (Å²) in [6.07, 6.45) is 2.73. The summed E-state index contributed by atoms with van der Waals surface area (Å²) in [5, 5.41) is 3.40. The van der Waals surface area contributed by atoms with Gasteiger partial charge in [-0.1, -0.05) is 23.8 Å².